The van der Waals surface area contributed by atoms with Crippen LogP contribution < -0.4 is 0 Å². The van der Waals surface area contributed by atoms with Crippen molar-refractivity contribution in [1.82, 2.24) is 4.90 Å². The summed E-state index contributed by atoms with van der Waals surface area (Å²) in [5.41, 5.74) is 0.839. The highest BCUT2D eigenvalue weighted by Gasteiger charge is 2.36. The van der Waals surface area contributed by atoms with Gasteiger partial charge in [-0.25, -0.2) is 0 Å². The third-order valence-corrected chi connectivity index (χ3v) is 4.60. The molecule has 0 amide bonds. The summed E-state index contributed by atoms with van der Waals surface area (Å²) in [5.74, 6) is 0. The van der Waals surface area contributed by atoms with Crippen LogP contribution in [-0.4, -0.2) is 50.5 Å². The minimum atomic E-state index is -0.318. The molecule has 0 saturated carbocycles. The van der Waals surface area contributed by atoms with Crippen molar-refractivity contribution in [2.24, 2.45) is 0 Å². The second-order valence-electron chi connectivity index (χ2n) is 5.93. The molecular weight excluding hydrogens is 264 g/mol. The Kier molecular flexibility index (Phi) is 4.54. The Balaban J connectivity index is 1.59. The molecule has 2 heterocycles. The molecule has 0 aliphatic carbocycles. The molecule has 2 fully saturated rings. The van der Waals surface area contributed by atoms with Gasteiger partial charge in [0.15, 0.2) is 0 Å². The largest absolute Gasteiger partial charge is 0.376 e. The fraction of sp³-hybridized carbons (Fsp3) is 0.588. The average Bonchev–Trinajstić information content (AvgIpc) is 2.58. The van der Waals surface area contributed by atoms with Gasteiger partial charge in [-0.3, -0.25) is 0 Å². The Bertz CT molecular complexity index is 483. The number of rotatable bonds is 3. The molecule has 2 aliphatic heterocycles. The van der Waals surface area contributed by atoms with Gasteiger partial charge in [-0.15, -0.1) is 0 Å². The van der Waals surface area contributed by atoms with Gasteiger partial charge in [0, 0.05) is 19.6 Å². The first-order chi connectivity index (χ1) is 10.3. The smallest absolute Gasteiger partial charge is 0.0936 e. The summed E-state index contributed by atoms with van der Waals surface area (Å²) < 4.78 is 11.2. The molecule has 1 unspecified atom stereocenters. The van der Waals surface area contributed by atoms with Gasteiger partial charge in [0.25, 0.3) is 0 Å². The maximum absolute atomic E-state index is 9.69. The van der Waals surface area contributed by atoms with E-state index < -0.39 is 0 Å². The van der Waals surface area contributed by atoms with Gasteiger partial charge in [-0.1, -0.05) is 30.3 Å². The van der Waals surface area contributed by atoms with E-state index in [0.717, 1.165) is 38.0 Å². The number of hydrogen-bond donors (Lipinski definition) is 0. The number of nitrogens with zero attached hydrogens (tertiary/aromatic N) is 2. The lowest BCUT2D eigenvalue weighted by Crippen LogP contribution is -2.47. The Morgan fingerprint density at radius 1 is 1.19 bits per heavy atom. The van der Waals surface area contributed by atoms with E-state index in [0.29, 0.717) is 19.8 Å². The summed E-state index contributed by atoms with van der Waals surface area (Å²) in [6.07, 6.45) is 1.97. The van der Waals surface area contributed by atoms with Gasteiger partial charge in [-0.05, 0) is 18.4 Å². The quantitative estimate of drug-likeness (QED) is 0.852. The van der Waals surface area contributed by atoms with E-state index in [1.54, 1.807) is 0 Å². The normalized spacial score (nSPS) is 26.1. The standard InChI is InChI=1S/C17H22N2O2/c18-14-17(15-4-2-1-3-5-15)6-8-19(9-7-17)12-16-13-20-10-11-21-16/h1-5,16H,6-13H2. The van der Waals surface area contributed by atoms with Crippen molar-refractivity contribution in [2.45, 2.75) is 24.4 Å². The molecule has 1 atom stereocenters. The highest BCUT2D eigenvalue weighted by molar-refractivity contribution is 5.33. The monoisotopic (exact) mass is 286 g/mol. The fourth-order valence-electron chi connectivity index (χ4n) is 3.27. The fourth-order valence-corrected chi connectivity index (χ4v) is 3.27. The summed E-state index contributed by atoms with van der Waals surface area (Å²) in [4.78, 5) is 2.40. The van der Waals surface area contributed by atoms with Crippen molar-refractivity contribution >= 4 is 0 Å². The van der Waals surface area contributed by atoms with Gasteiger partial charge in [0.05, 0.1) is 37.4 Å². The second kappa shape index (κ2) is 6.57. The SMILES string of the molecule is N#CC1(c2ccccc2)CCN(CC2COCCO2)CC1. The number of piperidine rings is 1. The maximum atomic E-state index is 9.69. The van der Waals surface area contributed by atoms with Crippen LogP contribution in [0.5, 0.6) is 0 Å². The van der Waals surface area contributed by atoms with E-state index in [4.69, 9.17) is 9.47 Å². The van der Waals surface area contributed by atoms with Crippen LogP contribution in [0, 0.1) is 11.3 Å². The molecule has 1 aromatic carbocycles. The van der Waals surface area contributed by atoms with Crippen molar-refractivity contribution in [3.8, 4) is 6.07 Å². The van der Waals surface area contributed by atoms with Crippen LogP contribution in [0.4, 0.5) is 0 Å². The zero-order valence-electron chi connectivity index (χ0n) is 12.3. The molecule has 1 aromatic rings. The summed E-state index contributed by atoms with van der Waals surface area (Å²) >= 11 is 0. The first kappa shape index (κ1) is 14.5. The molecule has 112 valence electrons. The van der Waals surface area contributed by atoms with E-state index >= 15 is 0 Å². The number of nitriles is 1. The lowest BCUT2D eigenvalue weighted by molar-refractivity contribution is -0.0993. The number of ether oxygens (including phenoxy) is 2. The van der Waals surface area contributed by atoms with E-state index in [1.165, 1.54) is 0 Å². The third-order valence-electron chi connectivity index (χ3n) is 4.60. The van der Waals surface area contributed by atoms with Crippen LogP contribution in [0.3, 0.4) is 0 Å². The summed E-state index contributed by atoms with van der Waals surface area (Å²) in [6, 6.07) is 12.8. The van der Waals surface area contributed by atoms with Gasteiger partial charge in [0.2, 0.25) is 0 Å². The first-order valence-corrected chi connectivity index (χ1v) is 7.71. The van der Waals surface area contributed by atoms with Crippen LogP contribution >= 0.6 is 0 Å². The first-order valence-electron chi connectivity index (χ1n) is 7.71. The zero-order chi connectivity index (χ0) is 14.5. The molecule has 0 aromatic heterocycles. The third kappa shape index (κ3) is 3.26. The van der Waals surface area contributed by atoms with Crippen molar-refractivity contribution < 1.29 is 9.47 Å². The minimum Gasteiger partial charge on any atom is -0.376 e. The minimum absolute atomic E-state index is 0.185. The number of benzene rings is 1. The molecule has 21 heavy (non-hydrogen) atoms. The van der Waals surface area contributed by atoms with Crippen molar-refractivity contribution in [2.75, 3.05) is 39.5 Å². The molecule has 4 heteroatoms. The molecule has 2 saturated heterocycles. The van der Waals surface area contributed by atoms with Crippen molar-refractivity contribution in [3.63, 3.8) is 0 Å². The number of hydrogen-bond acceptors (Lipinski definition) is 4. The predicted octanol–water partition coefficient (Wildman–Crippen LogP) is 1.96. The van der Waals surface area contributed by atoms with Crippen molar-refractivity contribution in [1.29, 1.82) is 5.26 Å². The lowest BCUT2D eigenvalue weighted by atomic mass is 9.74. The number of likely N-dealkylation sites (tertiary alicyclic amines) is 1. The molecule has 3 rings (SSSR count). The lowest BCUT2D eigenvalue weighted by Gasteiger charge is -2.39. The highest BCUT2D eigenvalue weighted by Crippen LogP contribution is 2.34. The van der Waals surface area contributed by atoms with E-state index in [-0.39, 0.29) is 11.5 Å². The molecular formula is C17H22N2O2. The van der Waals surface area contributed by atoms with Crippen LogP contribution in [0.2, 0.25) is 0 Å². The average molecular weight is 286 g/mol. The molecule has 0 spiro atoms. The molecule has 0 radical (unpaired) electrons. The zero-order valence-corrected chi connectivity index (χ0v) is 12.3. The second-order valence-corrected chi connectivity index (χ2v) is 5.93. The molecule has 4 nitrogen and oxygen atoms in total. The van der Waals surface area contributed by atoms with E-state index in [1.807, 2.05) is 18.2 Å². The van der Waals surface area contributed by atoms with Gasteiger partial charge in [-0.2, -0.15) is 5.26 Å². The molecule has 2 aliphatic rings. The van der Waals surface area contributed by atoms with Crippen molar-refractivity contribution in [3.05, 3.63) is 35.9 Å². The van der Waals surface area contributed by atoms with Gasteiger partial charge >= 0.3 is 0 Å². The van der Waals surface area contributed by atoms with Gasteiger partial charge in [0.1, 0.15) is 0 Å². The summed E-state index contributed by atoms with van der Waals surface area (Å²) in [5, 5.41) is 9.69. The maximum Gasteiger partial charge on any atom is 0.0936 e. The van der Waals surface area contributed by atoms with Crippen LogP contribution in [0.1, 0.15) is 18.4 Å². The van der Waals surface area contributed by atoms with E-state index in [2.05, 4.69) is 23.1 Å². The predicted molar refractivity (Wildman–Crippen MR) is 80.0 cm³/mol. The van der Waals surface area contributed by atoms with E-state index in [9.17, 15) is 5.26 Å². The Labute approximate surface area is 126 Å². The topological polar surface area (TPSA) is 45.5 Å². The Morgan fingerprint density at radius 3 is 2.57 bits per heavy atom. The van der Waals surface area contributed by atoms with Crippen LogP contribution in [-0.2, 0) is 14.9 Å². The van der Waals surface area contributed by atoms with Gasteiger partial charge < -0.3 is 14.4 Å². The Hall–Kier alpha value is -1.41. The molecule has 0 bridgehead atoms. The van der Waals surface area contributed by atoms with Crippen LogP contribution in [0.15, 0.2) is 30.3 Å². The van der Waals surface area contributed by atoms with Crippen LogP contribution in [0.25, 0.3) is 0 Å². The Morgan fingerprint density at radius 2 is 1.95 bits per heavy atom. The molecule has 0 N–H and O–H groups in total. The summed E-state index contributed by atoms with van der Waals surface area (Å²) in [6.45, 7) is 4.91. The summed E-state index contributed by atoms with van der Waals surface area (Å²) in [7, 11) is 0. The highest BCUT2D eigenvalue weighted by atomic mass is 16.6.